The van der Waals surface area contributed by atoms with Crippen molar-refractivity contribution < 1.29 is 19.5 Å². The third kappa shape index (κ3) is 2.81. The summed E-state index contributed by atoms with van der Waals surface area (Å²) in [5, 5.41) is 14.7. The van der Waals surface area contributed by atoms with Crippen LogP contribution in [0.3, 0.4) is 0 Å². The van der Waals surface area contributed by atoms with Gasteiger partial charge in [-0.2, -0.15) is 0 Å². The molecular weight excluding hydrogens is 284 g/mol. The normalized spacial score (nSPS) is 26.9. The summed E-state index contributed by atoms with van der Waals surface area (Å²) in [6, 6.07) is 7.15. The van der Waals surface area contributed by atoms with Crippen LogP contribution in [0.5, 0.6) is 0 Å². The third-order valence-electron chi connectivity index (χ3n) is 4.44. The van der Waals surface area contributed by atoms with Gasteiger partial charge in [0.15, 0.2) is 0 Å². The molecular formula is C16H18N2O4. The summed E-state index contributed by atoms with van der Waals surface area (Å²) in [5.41, 5.74) is 1.49. The van der Waals surface area contributed by atoms with Crippen LogP contribution in [-0.2, 0) is 14.4 Å². The van der Waals surface area contributed by atoms with Crippen LogP contribution in [0.25, 0.3) is 0 Å². The molecule has 3 N–H and O–H groups in total. The van der Waals surface area contributed by atoms with E-state index in [4.69, 9.17) is 5.11 Å². The fourth-order valence-electron chi connectivity index (χ4n) is 3.28. The number of carboxylic acid groups (broad SMARTS) is 1. The first-order valence-corrected chi connectivity index (χ1v) is 7.46. The van der Waals surface area contributed by atoms with E-state index in [1.807, 2.05) is 18.2 Å². The molecule has 2 aliphatic rings. The second-order valence-electron chi connectivity index (χ2n) is 5.95. The summed E-state index contributed by atoms with van der Waals surface area (Å²) >= 11 is 0. The number of aliphatic carboxylic acids is 1. The third-order valence-corrected chi connectivity index (χ3v) is 4.44. The summed E-state index contributed by atoms with van der Waals surface area (Å²) in [6.07, 6.45) is 1.84. The first-order valence-electron chi connectivity index (χ1n) is 7.46. The number of carbonyl (C=O) groups excluding carboxylic acids is 2. The van der Waals surface area contributed by atoms with Crippen molar-refractivity contribution in [2.24, 2.45) is 5.92 Å². The fourth-order valence-corrected chi connectivity index (χ4v) is 3.28. The average Bonchev–Trinajstić information content (AvgIpc) is 2.95. The molecule has 1 aliphatic heterocycles. The molecule has 2 amide bonds. The molecule has 0 radical (unpaired) electrons. The molecule has 6 heteroatoms. The van der Waals surface area contributed by atoms with Crippen molar-refractivity contribution >= 4 is 23.5 Å². The maximum absolute atomic E-state index is 12.5. The van der Waals surface area contributed by atoms with Crippen molar-refractivity contribution in [3.63, 3.8) is 0 Å². The Morgan fingerprint density at radius 1 is 1.23 bits per heavy atom. The predicted molar refractivity (Wildman–Crippen MR) is 79.3 cm³/mol. The minimum atomic E-state index is -0.806. The number of hydrogen-bond donors (Lipinski definition) is 3. The summed E-state index contributed by atoms with van der Waals surface area (Å²) in [4.78, 5) is 35.2. The molecule has 1 aromatic carbocycles. The highest BCUT2D eigenvalue weighted by Gasteiger charge is 2.35. The Morgan fingerprint density at radius 2 is 2.00 bits per heavy atom. The van der Waals surface area contributed by atoms with E-state index in [9.17, 15) is 14.4 Å². The number of carboxylic acids is 1. The molecule has 3 rings (SSSR count). The number of benzene rings is 1. The van der Waals surface area contributed by atoms with E-state index >= 15 is 0 Å². The molecule has 0 aromatic heterocycles. The van der Waals surface area contributed by atoms with Crippen molar-refractivity contribution in [3.8, 4) is 0 Å². The van der Waals surface area contributed by atoms with Crippen LogP contribution in [0, 0.1) is 5.92 Å². The van der Waals surface area contributed by atoms with Crippen molar-refractivity contribution in [3.05, 3.63) is 29.8 Å². The van der Waals surface area contributed by atoms with Gasteiger partial charge in [0, 0.05) is 18.2 Å². The molecule has 1 fully saturated rings. The fraction of sp³-hybridized carbons (Fsp3) is 0.438. The summed E-state index contributed by atoms with van der Waals surface area (Å²) < 4.78 is 0. The van der Waals surface area contributed by atoms with Crippen LogP contribution >= 0.6 is 0 Å². The van der Waals surface area contributed by atoms with E-state index < -0.39 is 11.9 Å². The molecule has 116 valence electrons. The van der Waals surface area contributed by atoms with E-state index in [-0.39, 0.29) is 30.2 Å². The van der Waals surface area contributed by atoms with Crippen LogP contribution in [-0.4, -0.2) is 28.9 Å². The van der Waals surface area contributed by atoms with Crippen molar-refractivity contribution in [2.45, 2.75) is 37.6 Å². The topological polar surface area (TPSA) is 95.5 Å². The van der Waals surface area contributed by atoms with Gasteiger partial charge in [-0.3, -0.25) is 14.4 Å². The number of amides is 2. The van der Waals surface area contributed by atoms with Crippen LogP contribution in [0.15, 0.2) is 24.3 Å². The zero-order chi connectivity index (χ0) is 15.7. The van der Waals surface area contributed by atoms with Crippen molar-refractivity contribution in [2.75, 3.05) is 5.32 Å². The summed E-state index contributed by atoms with van der Waals surface area (Å²) in [5.74, 6) is -2.06. The first kappa shape index (κ1) is 14.6. The van der Waals surface area contributed by atoms with Crippen molar-refractivity contribution in [1.29, 1.82) is 0 Å². The lowest BCUT2D eigenvalue weighted by molar-refractivity contribution is -0.141. The molecule has 0 spiro atoms. The maximum Gasteiger partial charge on any atom is 0.306 e. The SMILES string of the molecule is O=C1C[C@@H](C(=O)N[C@@H]2CC[C@H](C(=O)O)C2)c2ccccc2N1. The highest BCUT2D eigenvalue weighted by atomic mass is 16.4. The zero-order valence-corrected chi connectivity index (χ0v) is 12.0. The quantitative estimate of drug-likeness (QED) is 0.788. The number of para-hydroxylation sites is 1. The van der Waals surface area contributed by atoms with E-state index in [2.05, 4.69) is 10.6 Å². The van der Waals surface area contributed by atoms with Crippen LogP contribution in [0.2, 0.25) is 0 Å². The van der Waals surface area contributed by atoms with Crippen LogP contribution < -0.4 is 10.6 Å². The molecule has 22 heavy (non-hydrogen) atoms. The standard InChI is InChI=1S/C16H18N2O4/c19-14-8-12(11-3-1-2-4-13(11)18-14)15(20)17-10-6-5-9(7-10)16(21)22/h1-4,9-10,12H,5-8H2,(H,17,20)(H,18,19)(H,21,22)/t9-,10+,12+/m0/s1. The number of rotatable bonds is 3. The molecule has 3 atom stereocenters. The number of carbonyl (C=O) groups is 3. The lowest BCUT2D eigenvalue weighted by atomic mass is 9.89. The highest BCUT2D eigenvalue weighted by Crippen LogP contribution is 2.33. The van der Waals surface area contributed by atoms with Gasteiger partial charge in [0.25, 0.3) is 0 Å². The largest absolute Gasteiger partial charge is 0.481 e. The number of fused-ring (bicyclic) bond motifs is 1. The molecule has 0 unspecified atom stereocenters. The van der Waals surface area contributed by atoms with Gasteiger partial charge in [-0.15, -0.1) is 0 Å². The zero-order valence-electron chi connectivity index (χ0n) is 12.0. The molecule has 1 aliphatic carbocycles. The minimum absolute atomic E-state index is 0.120. The Labute approximate surface area is 127 Å². The Balaban J connectivity index is 1.71. The average molecular weight is 302 g/mol. The number of nitrogens with one attached hydrogen (secondary N) is 2. The van der Waals surface area contributed by atoms with Gasteiger partial charge in [0.2, 0.25) is 11.8 Å². The van der Waals surface area contributed by atoms with Gasteiger partial charge in [0.05, 0.1) is 11.8 Å². The van der Waals surface area contributed by atoms with Gasteiger partial charge in [-0.1, -0.05) is 18.2 Å². The van der Waals surface area contributed by atoms with E-state index in [0.717, 1.165) is 5.56 Å². The van der Waals surface area contributed by atoms with Gasteiger partial charge in [0.1, 0.15) is 0 Å². The summed E-state index contributed by atoms with van der Waals surface area (Å²) in [7, 11) is 0. The van der Waals surface area contributed by atoms with Crippen LogP contribution in [0.1, 0.15) is 37.2 Å². The van der Waals surface area contributed by atoms with E-state index in [1.165, 1.54) is 0 Å². The van der Waals surface area contributed by atoms with Crippen molar-refractivity contribution in [1.82, 2.24) is 5.32 Å². The second-order valence-corrected chi connectivity index (χ2v) is 5.95. The number of anilines is 1. The molecule has 1 aromatic rings. The summed E-state index contributed by atoms with van der Waals surface area (Å²) in [6.45, 7) is 0. The first-order chi connectivity index (χ1) is 10.5. The monoisotopic (exact) mass is 302 g/mol. The lowest BCUT2D eigenvalue weighted by Gasteiger charge is -2.26. The lowest BCUT2D eigenvalue weighted by Crippen LogP contribution is -2.39. The Morgan fingerprint density at radius 3 is 2.73 bits per heavy atom. The molecule has 1 heterocycles. The smallest absolute Gasteiger partial charge is 0.306 e. The second kappa shape index (κ2) is 5.79. The molecule has 1 saturated carbocycles. The van der Waals surface area contributed by atoms with Gasteiger partial charge < -0.3 is 15.7 Å². The van der Waals surface area contributed by atoms with E-state index in [0.29, 0.717) is 24.9 Å². The van der Waals surface area contributed by atoms with Gasteiger partial charge >= 0.3 is 5.97 Å². The maximum atomic E-state index is 12.5. The molecule has 0 bridgehead atoms. The number of hydrogen-bond acceptors (Lipinski definition) is 3. The Bertz CT molecular complexity index is 628. The van der Waals surface area contributed by atoms with Crippen LogP contribution in [0.4, 0.5) is 5.69 Å². The molecule has 0 saturated heterocycles. The Kier molecular flexibility index (Phi) is 3.83. The van der Waals surface area contributed by atoms with Gasteiger partial charge in [-0.25, -0.2) is 0 Å². The molecule has 6 nitrogen and oxygen atoms in total. The highest BCUT2D eigenvalue weighted by molar-refractivity contribution is 6.01. The van der Waals surface area contributed by atoms with E-state index in [1.54, 1.807) is 6.07 Å². The van der Waals surface area contributed by atoms with Gasteiger partial charge in [-0.05, 0) is 30.9 Å². The minimum Gasteiger partial charge on any atom is -0.481 e. The Hall–Kier alpha value is -2.37. The predicted octanol–water partition coefficient (Wildman–Crippen LogP) is 1.48.